The van der Waals surface area contributed by atoms with Crippen LogP contribution in [-0.4, -0.2) is 14.5 Å². The van der Waals surface area contributed by atoms with Gasteiger partial charge in [0.15, 0.2) is 0 Å². The fourth-order valence-corrected chi connectivity index (χ4v) is 1.97. The molecule has 0 aliphatic carbocycles. The Balaban J connectivity index is 3.13. The second-order valence-corrected chi connectivity index (χ2v) is 8.97. The lowest BCUT2D eigenvalue weighted by Gasteiger charge is -2.05. The zero-order chi connectivity index (χ0) is 11.5. The number of unbranched alkanes of at least 4 members (excludes halogenated alkanes) is 5. The van der Waals surface area contributed by atoms with Gasteiger partial charge in [-0.05, 0) is 6.42 Å². The first-order valence-corrected chi connectivity index (χ1v) is 8.09. The van der Waals surface area contributed by atoms with Crippen molar-refractivity contribution in [3.63, 3.8) is 0 Å². The van der Waals surface area contributed by atoms with Crippen LogP contribution in [-0.2, 0) is 9.53 Å². The summed E-state index contributed by atoms with van der Waals surface area (Å²) in [5.74, 6) is -0.0580. The predicted molar refractivity (Wildman–Crippen MR) is 80.8 cm³/mol. The van der Waals surface area contributed by atoms with E-state index < -0.39 is 0 Å². The summed E-state index contributed by atoms with van der Waals surface area (Å²) >= 11 is 4.45. The summed E-state index contributed by atoms with van der Waals surface area (Å²) in [5, 5.41) is 0. The van der Waals surface area contributed by atoms with Crippen molar-refractivity contribution in [3.8, 4) is 0 Å². The van der Waals surface area contributed by atoms with Crippen LogP contribution in [0.15, 0.2) is 0 Å². The summed E-state index contributed by atoms with van der Waals surface area (Å²) in [7, 11) is 0. The van der Waals surface area contributed by atoms with Crippen LogP contribution in [0.4, 0.5) is 0 Å². The molecule has 0 aliphatic heterocycles. The van der Waals surface area contributed by atoms with E-state index in [0.717, 1.165) is 6.42 Å². The summed E-state index contributed by atoms with van der Waals surface area (Å²) in [5.41, 5.74) is 0. The Hall–Kier alpha value is 0.930. The van der Waals surface area contributed by atoms with Crippen LogP contribution in [0.25, 0.3) is 0 Å². The molecule has 0 aromatic heterocycles. The van der Waals surface area contributed by atoms with E-state index in [-0.39, 0.29) is 5.97 Å². The van der Waals surface area contributed by atoms with Crippen molar-refractivity contribution >= 4 is 51.2 Å². The van der Waals surface area contributed by atoms with Gasteiger partial charge in [-0.1, -0.05) is 84.2 Å². The van der Waals surface area contributed by atoms with Crippen molar-refractivity contribution < 1.29 is 9.53 Å². The number of alkyl halides is 2. The Bertz CT molecular complexity index is 161. The molecule has 0 heterocycles. The second-order valence-electron chi connectivity index (χ2n) is 3.58. The topological polar surface area (TPSA) is 26.3 Å². The van der Waals surface area contributed by atoms with Crippen molar-refractivity contribution in [2.24, 2.45) is 0 Å². The first kappa shape index (κ1) is 15.9. The molecule has 4 heteroatoms. The van der Waals surface area contributed by atoms with E-state index in [0.29, 0.717) is 15.0 Å². The molecule has 0 saturated carbocycles. The first-order chi connectivity index (χ1) is 7.16. The number of ether oxygens (including phenoxy) is 1. The van der Waals surface area contributed by atoms with Gasteiger partial charge in [0.25, 0.3) is 0 Å². The Morgan fingerprint density at radius 3 is 2.33 bits per heavy atom. The number of esters is 1. The molecule has 0 fully saturated rings. The monoisotopic (exact) mass is 438 g/mol. The van der Waals surface area contributed by atoms with E-state index >= 15 is 0 Å². The highest BCUT2D eigenvalue weighted by Crippen LogP contribution is 2.14. The fraction of sp³-hybridized carbons (Fsp3) is 0.909. The molecule has 0 atom stereocenters. The SMILES string of the molecule is CCCCCCCCOC(=O)CC(I)I. The van der Waals surface area contributed by atoms with Gasteiger partial charge in [0.2, 0.25) is 0 Å². The van der Waals surface area contributed by atoms with E-state index in [1.165, 1.54) is 32.1 Å². The Labute approximate surface area is 120 Å². The van der Waals surface area contributed by atoms with E-state index in [1.54, 1.807) is 0 Å². The molecule has 0 bridgehead atoms. The highest BCUT2D eigenvalue weighted by Gasteiger charge is 2.07. The number of halogens is 2. The number of hydrogen-bond donors (Lipinski definition) is 0. The largest absolute Gasteiger partial charge is 0.466 e. The van der Waals surface area contributed by atoms with Gasteiger partial charge in [-0.25, -0.2) is 0 Å². The van der Waals surface area contributed by atoms with Crippen molar-refractivity contribution in [3.05, 3.63) is 0 Å². The van der Waals surface area contributed by atoms with Gasteiger partial charge in [-0.3, -0.25) is 4.79 Å². The highest BCUT2D eigenvalue weighted by molar-refractivity contribution is 14.2. The highest BCUT2D eigenvalue weighted by atomic mass is 127. The molecule has 0 unspecified atom stereocenters. The third kappa shape index (κ3) is 12.9. The second kappa shape index (κ2) is 11.4. The van der Waals surface area contributed by atoms with E-state index in [2.05, 4.69) is 52.1 Å². The summed E-state index contributed by atoms with van der Waals surface area (Å²) in [4.78, 5) is 11.2. The average molecular weight is 438 g/mol. The molecule has 0 spiro atoms. The molecule has 0 amide bonds. The van der Waals surface area contributed by atoms with Crippen LogP contribution in [0.2, 0.25) is 0 Å². The Morgan fingerprint density at radius 2 is 1.73 bits per heavy atom. The molecule has 15 heavy (non-hydrogen) atoms. The number of carbonyl (C=O) groups is 1. The van der Waals surface area contributed by atoms with Crippen LogP contribution < -0.4 is 0 Å². The number of hydrogen-bond acceptors (Lipinski definition) is 2. The summed E-state index contributed by atoms with van der Waals surface area (Å²) < 4.78 is 5.46. The van der Waals surface area contributed by atoms with Gasteiger partial charge < -0.3 is 4.74 Å². The van der Waals surface area contributed by atoms with E-state index in [9.17, 15) is 4.79 Å². The molecule has 0 radical (unpaired) electrons. The predicted octanol–water partition coefficient (Wildman–Crippen LogP) is 4.48. The molecule has 90 valence electrons. The maximum atomic E-state index is 11.2. The third-order valence-electron chi connectivity index (χ3n) is 2.08. The minimum Gasteiger partial charge on any atom is -0.466 e. The Kier molecular flexibility index (Phi) is 12.1. The molecular weight excluding hydrogens is 418 g/mol. The standard InChI is InChI=1S/C11H20I2O2/c1-2-3-4-5-6-7-8-15-11(14)9-10(12)13/h10H,2-9H2,1H3. The minimum absolute atomic E-state index is 0.0580. The van der Waals surface area contributed by atoms with Gasteiger partial charge in [-0.15, -0.1) is 0 Å². The van der Waals surface area contributed by atoms with E-state index in [4.69, 9.17) is 4.74 Å². The third-order valence-corrected chi connectivity index (χ3v) is 2.96. The Morgan fingerprint density at radius 1 is 1.13 bits per heavy atom. The van der Waals surface area contributed by atoms with Crippen LogP contribution in [0.1, 0.15) is 51.9 Å². The fourth-order valence-electron chi connectivity index (χ4n) is 1.25. The molecule has 0 saturated heterocycles. The molecule has 0 rings (SSSR count). The van der Waals surface area contributed by atoms with Gasteiger partial charge in [-0.2, -0.15) is 0 Å². The van der Waals surface area contributed by atoms with Crippen LogP contribution in [0, 0.1) is 0 Å². The van der Waals surface area contributed by atoms with Crippen LogP contribution in [0.5, 0.6) is 0 Å². The molecule has 0 aliphatic rings. The van der Waals surface area contributed by atoms with Gasteiger partial charge in [0.1, 0.15) is 0 Å². The number of rotatable bonds is 9. The van der Waals surface area contributed by atoms with Crippen molar-refractivity contribution in [2.45, 2.75) is 53.8 Å². The minimum atomic E-state index is -0.0580. The van der Waals surface area contributed by atoms with Crippen molar-refractivity contribution in [1.29, 1.82) is 0 Å². The summed E-state index contributed by atoms with van der Waals surface area (Å²) in [6.07, 6.45) is 7.91. The zero-order valence-electron chi connectivity index (χ0n) is 9.31. The van der Waals surface area contributed by atoms with Gasteiger partial charge in [0.05, 0.1) is 15.0 Å². The smallest absolute Gasteiger partial charge is 0.307 e. The molecule has 0 aromatic carbocycles. The lowest BCUT2D eigenvalue weighted by atomic mass is 10.1. The zero-order valence-corrected chi connectivity index (χ0v) is 13.6. The molecule has 2 nitrogen and oxygen atoms in total. The number of carbonyl (C=O) groups excluding carboxylic acids is 1. The lowest BCUT2D eigenvalue weighted by Crippen LogP contribution is -2.08. The molecule has 0 N–H and O–H groups in total. The van der Waals surface area contributed by atoms with Gasteiger partial charge >= 0.3 is 5.97 Å². The first-order valence-electron chi connectivity index (χ1n) is 5.60. The van der Waals surface area contributed by atoms with Crippen molar-refractivity contribution in [2.75, 3.05) is 6.61 Å². The van der Waals surface area contributed by atoms with Crippen LogP contribution in [0.3, 0.4) is 0 Å². The average Bonchev–Trinajstić information content (AvgIpc) is 2.15. The molecule has 0 aromatic rings. The van der Waals surface area contributed by atoms with Crippen molar-refractivity contribution in [1.82, 2.24) is 0 Å². The summed E-state index contributed by atoms with van der Waals surface area (Å²) in [6.45, 7) is 2.82. The van der Waals surface area contributed by atoms with Gasteiger partial charge in [0, 0.05) is 0 Å². The summed E-state index contributed by atoms with van der Waals surface area (Å²) in [6, 6.07) is 0. The maximum Gasteiger partial charge on any atom is 0.307 e. The van der Waals surface area contributed by atoms with E-state index in [1.807, 2.05) is 0 Å². The maximum absolute atomic E-state index is 11.2. The quantitative estimate of drug-likeness (QED) is 0.230. The van der Waals surface area contributed by atoms with Crippen LogP contribution >= 0.6 is 45.2 Å². The molecular formula is C11H20I2O2. The normalized spacial score (nSPS) is 10.7. The lowest BCUT2D eigenvalue weighted by molar-refractivity contribution is -0.143.